The molecule has 0 aliphatic carbocycles. The van der Waals surface area contributed by atoms with E-state index >= 15 is 0 Å². The molecule has 1 aliphatic heterocycles. The number of carbonyl (C=O) groups is 2. The van der Waals surface area contributed by atoms with Crippen molar-refractivity contribution in [1.29, 1.82) is 0 Å². The SMILES string of the molecule is CC(C)(C)C(=O)N1CCC(C(=O)Nc2ccccc2)CC1. The van der Waals surface area contributed by atoms with E-state index in [0.29, 0.717) is 13.1 Å². The summed E-state index contributed by atoms with van der Waals surface area (Å²) in [4.78, 5) is 26.3. The van der Waals surface area contributed by atoms with Crippen LogP contribution < -0.4 is 5.32 Å². The predicted molar refractivity (Wildman–Crippen MR) is 83.8 cm³/mol. The first-order valence-corrected chi connectivity index (χ1v) is 7.53. The normalized spacial score (nSPS) is 16.6. The number of rotatable bonds is 2. The van der Waals surface area contributed by atoms with Crippen molar-refractivity contribution in [3.05, 3.63) is 30.3 Å². The van der Waals surface area contributed by atoms with Gasteiger partial charge in [-0.3, -0.25) is 9.59 Å². The molecule has 2 amide bonds. The van der Waals surface area contributed by atoms with Gasteiger partial charge in [0.05, 0.1) is 0 Å². The van der Waals surface area contributed by atoms with Gasteiger partial charge in [0, 0.05) is 30.1 Å². The van der Waals surface area contributed by atoms with Crippen LogP contribution in [0.15, 0.2) is 30.3 Å². The van der Waals surface area contributed by atoms with E-state index < -0.39 is 0 Å². The van der Waals surface area contributed by atoms with Crippen molar-refractivity contribution in [2.24, 2.45) is 11.3 Å². The number of carbonyl (C=O) groups excluding carboxylic acids is 2. The summed E-state index contributed by atoms with van der Waals surface area (Å²) in [5.41, 5.74) is 0.481. The molecule has 0 spiro atoms. The Hall–Kier alpha value is -1.84. The number of para-hydroxylation sites is 1. The van der Waals surface area contributed by atoms with Crippen LogP contribution in [0.25, 0.3) is 0 Å². The molecular formula is C17H24N2O2. The summed E-state index contributed by atoms with van der Waals surface area (Å²) in [6, 6.07) is 9.50. The van der Waals surface area contributed by atoms with Gasteiger partial charge in [-0.05, 0) is 25.0 Å². The van der Waals surface area contributed by atoms with E-state index in [1.54, 1.807) is 0 Å². The van der Waals surface area contributed by atoms with E-state index in [2.05, 4.69) is 5.32 Å². The van der Waals surface area contributed by atoms with E-state index in [4.69, 9.17) is 0 Å². The molecule has 4 heteroatoms. The lowest BCUT2D eigenvalue weighted by atomic mass is 9.90. The number of likely N-dealkylation sites (tertiary alicyclic amines) is 1. The molecule has 1 saturated heterocycles. The van der Waals surface area contributed by atoms with Crippen LogP contribution in [-0.4, -0.2) is 29.8 Å². The van der Waals surface area contributed by atoms with Crippen molar-refractivity contribution in [3.63, 3.8) is 0 Å². The zero-order valence-corrected chi connectivity index (χ0v) is 13.1. The quantitative estimate of drug-likeness (QED) is 0.909. The van der Waals surface area contributed by atoms with Crippen LogP contribution in [0.1, 0.15) is 33.6 Å². The summed E-state index contributed by atoms with van der Waals surface area (Å²) in [6.07, 6.45) is 1.47. The van der Waals surface area contributed by atoms with Gasteiger partial charge in [-0.15, -0.1) is 0 Å². The molecule has 0 radical (unpaired) electrons. The van der Waals surface area contributed by atoms with Gasteiger partial charge < -0.3 is 10.2 Å². The van der Waals surface area contributed by atoms with Crippen molar-refractivity contribution in [3.8, 4) is 0 Å². The number of anilines is 1. The molecule has 0 unspecified atom stereocenters. The number of amides is 2. The minimum absolute atomic E-state index is 0.00535. The molecule has 1 heterocycles. The summed E-state index contributed by atoms with van der Waals surface area (Å²) in [5, 5.41) is 2.94. The highest BCUT2D eigenvalue weighted by Gasteiger charge is 2.32. The third-order valence-electron chi connectivity index (χ3n) is 3.84. The van der Waals surface area contributed by atoms with Crippen LogP contribution in [0.2, 0.25) is 0 Å². The smallest absolute Gasteiger partial charge is 0.227 e. The highest BCUT2D eigenvalue weighted by Crippen LogP contribution is 2.24. The van der Waals surface area contributed by atoms with Crippen LogP contribution in [0.5, 0.6) is 0 Å². The minimum Gasteiger partial charge on any atom is -0.342 e. The maximum Gasteiger partial charge on any atom is 0.227 e. The molecule has 1 aromatic carbocycles. The number of nitrogens with zero attached hydrogens (tertiary/aromatic N) is 1. The molecule has 1 aromatic rings. The van der Waals surface area contributed by atoms with E-state index in [1.807, 2.05) is 56.0 Å². The molecule has 114 valence electrons. The number of nitrogens with one attached hydrogen (secondary N) is 1. The first-order valence-electron chi connectivity index (χ1n) is 7.53. The predicted octanol–water partition coefficient (Wildman–Crippen LogP) is 2.91. The number of hydrogen-bond acceptors (Lipinski definition) is 2. The van der Waals surface area contributed by atoms with Crippen LogP contribution in [0.4, 0.5) is 5.69 Å². The first-order chi connectivity index (χ1) is 9.88. The van der Waals surface area contributed by atoms with Gasteiger partial charge in [-0.1, -0.05) is 39.0 Å². The second-order valence-electron chi connectivity index (χ2n) is 6.67. The zero-order chi connectivity index (χ0) is 15.5. The Morgan fingerprint density at radius 3 is 2.19 bits per heavy atom. The van der Waals surface area contributed by atoms with Gasteiger partial charge in [-0.2, -0.15) is 0 Å². The summed E-state index contributed by atoms with van der Waals surface area (Å²) >= 11 is 0. The molecule has 21 heavy (non-hydrogen) atoms. The van der Waals surface area contributed by atoms with Crippen LogP contribution in [0, 0.1) is 11.3 Å². The molecule has 4 nitrogen and oxygen atoms in total. The Morgan fingerprint density at radius 1 is 1.10 bits per heavy atom. The Labute approximate surface area is 126 Å². The standard InChI is InChI=1S/C17H24N2O2/c1-17(2,3)16(21)19-11-9-13(10-12-19)15(20)18-14-7-5-4-6-8-14/h4-8,13H,9-12H2,1-3H3,(H,18,20). The molecule has 0 bridgehead atoms. The Balaban J connectivity index is 1.86. The molecular weight excluding hydrogens is 264 g/mol. The van der Waals surface area contributed by atoms with Crippen molar-refractivity contribution >= 4 is 17.5 Å². The van der Waals surface area contributed by atoms with Crippen molar-refractivity contribution in [2.45, 2.75) is 33.6 Å². The second kappa shape index (κ2) is 6.29. The van der Waals surface area contributed by atoms with Crippen LogP contribution in [0.3, 0.4) is 0 Å². The van der Waals surface area contributed by atoms with Gasteiger partial charge in [0.15, 0.2) is 0 Å². The minimum atomic E-state index is -0.348. The monoisotopic (exact) mass is 288 g/mol. The Bertz CT molecular complexity index is 497. The first kappa shape index (κ1) is 15.5. The fourth-order valence-corrected chi connectivity index (χ4v) is 2.58. The van der Waals surface area contributed by atoms with E-state index in [0.717, 1.165) is 18.5 Å². The number of piperidine rings is 1. The highest BCUT2D eigenvalue weighted by molar-refractivity contribution is 5.92. The number of hydrogen-bond donors (Lipinski definition) is 1. The van der Waals surface area contributed by atoms with E-state index in [1.165, 1.54) is 0 Å². The largest absolute Gasteiger partial charge is 0.342 e. The highest BCUT2D eigenvalue weighted by atomic mass is 16.2. The molecule has 2 rings (SSSR count). The third kappa shape index (κ3) is 4.06. The van der Waals surface area contributed by atoms with Gasteiger partial charge in [-0.25, -0.2) is 0 Å². The van der Waals surface area contributed by atoms with Crippen molar-refractivity contribution in [1.82, 2.24) is 4.90 Å². The maximum absolute atomic E-state index is 12.2. The zero-order valence-electron chi connectivity index (χ0n) is 13.1. The molecule has 1 fully saturated rings. The van der Waals surface area contributed by atoms with Gasteiger partial charge in [0.2, 0.25) is 11.8 Å². The lowest BCUT2D eigenvalue weighted by Gasteiger charge is -2.35. The van der Waals surface area contributed by atoms with Crippen LogP contribution in [-0.2, 0) is 9.59 Å². The Morgan fingerprint density at radius 2 is 1.67 bits per heavy atom. The van der Waals surface area contributed by atoms with Gasteiger partial charge >= 0.3 is 0 Å². The fraction of sp³-hybridized carbons (Fsp3) is 0.529. The Kier molecular flexibility index (Phi) is 4.66. The van der Waals surface area contributed by atoms with Crippen LogP contribution >= 0.6 is 0 Å². The molecule has 0 aromatic heterocycles. The second-order valence-corrected chi connectivity index (χ2v) is 6.67. The topological polar surface area (TPSA) is 49.4 Å². The summed E-state index contributed by atoms with van der Waals surface area (Å²) in [5.74, 6) is 0.225. The average molecular weight is 288 g/mol. The lowest BCUT2D eigenvalue weighted by molar-refractivity contribution is -0.142. The van der Waals surface area contributed by atoms with Crippen molar-refractivity contribution in [2.75, 3.05) is 18.4 Å². The van der Waals surface area contributed by atoms with Crippen molar-refractivity contribution < 1.29 is 9.59 Å². The lowest BCUT2D eigenvalue weighted by Crippen LogP contribution is -2.45. The average Bonchev–Trinajstić information content (AvgIpc) is 2.46. The summed E-state index contributed by atoms with van der Waals surface area (Å²) in [7, 11) is 0. The molecule has 1 aliphatic rings. The summed E-state index contributed by atoms with van der Waals surface area (Å²) in [6.45, 7) is 7.14. The molecule has 1 N–H and O–H groups in total. The third-order valence-corrected chi connectivity index (χ3v) is 3.84. The van der Waals surface area contributed by atoms with E-state index in [-0.39, 0.29) is 23.1 Å². The van der Waals surface area contributed by atoms with Gasteiger partial charge in [0.25, 0.3) is 0 Å². The summed E-state index contributed by atoms with van der Waals surface area (Å²) < 4.78 is 0. The van der Waals surface area contributed by atoms with E-state index in [9.17, 15) is 9.59 Å². The van der Waals surface area contributed by atoms with Gasteiger partial charge in [0.1, 0.15) is 0 Å². The molecule has 0 atom stereocenters. The fourth-order valence-electron chi connectivity index (χ4n) is 2.58. The molecule has 0 saturated carbocycles. The maximum atomic E-state index is 12.2. The number of benzene rings is 1.